The van der Waals surface area contributed by atoms with E-state index in [0.29, 0.717) is 6.10 Å². The van der Waals surface area contributed by atoms with Crippen LogP contribution in [0.15, 0.2) is 30.3 Å². The van der Waals surface area contributed by atoms with Gasteiger partial charge in [0.2, 0.25) is 0 Å². The lowest BCUT2D eigenvalue weighted by molar-refractivity contribution is -0.156. The van der Waals surface area contributed by atoms with Crippen molar-refractivity contribution < 1.29 is 14.3 Å². The summed E-state index contributed by atoms with van der Waals surface area (Å²) in [7, 11) is 0. The predicted octanol–water partition coefficient (Wildman–Crippen LogP) is 7.79. The minimum atomic E-state index is -0.126. The molecular formula is C27H44O3. The van der Waals surface area contributed by atoms with Gasteiger partial charge in [0, 0.05) is 6.61 Å². The first kappa shape index (κ1) is 24.9. The first-order valence-corrected chi connectivity index (χ1v) is 12.6. The van der Waals surface area contributed by atoms with E-state index in [-0.39, 0.29) is 18.0 Å². The van der Waals surface area contributed by atoms with Gasteiger partial charge < -0.3 is 9.47 Å². The molecule has 1 aliphatic rings. The van der Waals surface area contributed by atoms with Crippen molar-refractivity contribution >= 4 is 5.97 Å². The minimum absolute atomic E-state index is 0.0249. The molecule has 0 bridgehead atoms. The summed E-state index contributed by atoms with van der Waals surface area (Å²) in [6.07, 6.45) is 16.9. The largest absolute Gasteiger partial charge is 0.457 e. The lowest BCUT2D eigenvalue weighted by atomic mass is 9.87. The van der Waals surface area contributed by atoms with E-state index in [9.17, 15) is 4.79 Å². The number of hydrogen-bond acceptors (Lipinski definition) is 3. The average Bonchev–Trinajstić information content (AvgIpc) is 2.79. The van der Waals surface area contributed by atoms with Crippen LogP contribution in [0.3, 0.4) is 0 Å². The van der Waals surface area contributed by atoms with Crippen molar-refractivity contribution in [3.63, 3.8) is 0 Å². The predicted molar refractivity (Wildman–Crippen MR) is 124 cm³/mol. The normalized spacial score (nSPS) is 20.1. The molecule has 1 aromatic carbocycles. The number of rotatable bonds is 15. The first-order valence-electron chi connectivity index (χ1n) is 12.6. The van der Waals surface area contributed by atoms with Crippen molar-refractivity contribution in [2.45, 2.75) is 116 Å². The van der Waals surface area contributed by atoms with E-state index >= 15 is 0 Å². The van der Waals surface area contributed by atoms with E-state index in [1.807, 2.05) is 30.3 Å². The molecule has 1 aliphatic carbocycles. The van der Waals surface area contributed by atoms with Gasteiger partial charge in [-0.15, -0.1) is 0 Å². The third-order valence-corrected chi connectivity index (χ3v) is 6.41. The third kappa shape index (κ3) is 9.64. The summed E-state index contributed by atoms with van der Waals surface area (Å²) < 4.78 is 11.9. The van der Waals surface area contributed by atoms with Crippen LogP contribution in [0.5, 0.6) is 0 Å². The molecule has 1 aromatic rings. The van der Waals surface area contributed by atoms with Gasteiger partial charge in [-0.1, -0.05) is 95.5 Å². The molecule has 0 N–H and O–H groups in total. The van der Waals surface area contributed by atoms with Crippen LogP contribution in [-0.2, 0) is 14.3 Å². The van der Waals surface area contributed by atoms with Crippen LogP contribution in [0.25, 0.3) is 0 Å². The summed E-state index contributed by atoms with van der Waals surface area (Å²) in [5.41, 5.74) is 1.09. The highest BCUT2D eigenvalue weighted by Gasteiger charge is 2.29. The van der Waals surface area contributed by atoms with Crippen LogP contribution >= 0.6 is 0 Å². The van der Waals surface area contributed by atoms with Gasteiger partial charge in [-0.25, -0.2) is 0 Å². The van der Waals surface area contributed by atoms with E-state index in [2.05, 4.69) is 13.8 Å². The smallest absolute Gasteiger partial charge is 0.309 e. The Bertz CT molecular complexity index is 548. The molecule has 1 saturated carbocycles. The Morgan fingerprint density at radius 3 is 2.07 bits per heavy atom. The van der Waals surface area contributed by atoms with Crippen LogP contribution in [0.4, 0.5) is 0 Å². The maximum Gasteiger partial charge on any atom is 0.309 e. The molecule has 0 aliphatic heterocycles. The van der Waals surface area contributed by atoms with Crippen molar-refractivity contribution in [2.24, 2.45) is 5.92 Å². The molecule has 2 rings (SSSR count). The second kappa shape index (κ2) is 15.5. The Balaban J connectivity index is 1.53. The number of benzene rings is 1. The minimum Gasteiger partial charge on any atom is -0.457 e. The molecule has 30 heavy (non-hydrogen) atoms. The molecule has 1 unspecified atom stereocenters. The monoisotopic (exact) mass is 416 g/mol. The van der Waals surface area contributed by atoms with Gasteiger partial charge in [-0.3, -0.25) is 4.79 Å². The maximum absolute atomic E-state index is 12.6. The number of esters is 1. The molecule has 0 saturated heterocycles. The third-order valence-electron chi connectivity index (χ3n) is 6.41. The molecular weight excluding hydrogens is 372 g/mol. The van der Waals surface area contributed by atoms with Gasteiger partial charge in [0.25, 0.3) is 0 Å². The fourth-order valence-electron chi connectivity index (χ4n) is 4.42. The van der Waals surface area contributed by atoms with Gasteiger partial charge in [0.1, 0.15) is 6.10 Å². The van der Waals surface area contributed by atoms with E-state index in [1.165, 1.54) is 57.8 Å². The number of carbonyl (C=O) groups excluding carboxylic acids is 1. The van der Waals surface area contributed by atoms with Gasteiger partial charge in [-0.05, 0) is 44.1 Å². The summed E-state index contributed by atoms with van der Waals surface area (Å²) in [5.74, 6) is 0.0124. The quantitative estimate of drug-likeness (QED) is 0.216. The molecule has 3 nitrogen and oxygen atoms in total. The summed E-state index contributed by atoms with van der Waals surface area (Å²) >= 11 is 0. The average molecular weight is 417 g/mol. The van der Waals surface area contributed by atoms with Crippen LogP contribution in [0.2, 0.25) is 0 Å². The number of hydrogen-bond donors (Lipinski definition) is 0. The molecule has 0 radical (unpaired) electrons. The Labute approximate surface area is 184 Å². The summed E-state index contributed by atoms with van der Waals surface area (Å²) in [4.78, 5) is 12.6. The molecule has 1 atom stereocenters. The first-order chi connectivity index (χ1) is 14.7. The molecule has 0 amide bonds. The van der Waals surface area contributed by atoms with Crippen molar-refractivity contribution in [2.75, 3.05) is 6.61 Å². The molecule has 0 aromatic heterocycles. The SMILES string of the molecule is CCCCCCCCCCCOC1CCC(C(=O)OC(CC)c2ccccc2)CC1. The van der Waals surface area contributed by atoms with Crippen LogP contribution in [0, 0.1) is 5.92 Å². The Hall–Kier alpha value is -1.35. The van der Waals surface area contributed by atoms with Crippen LogP contribution in [-0.4, -0.2) is 18.7 Å². The Kier molecular flexibility index (Phi) is 12.8. The van der Waals surface area contributed by atoms with Crippen molar-refractivity contribution in [3.8, 4) is 0 Å². The molecule has 1 fully saturated rings. The highest BCUT2D eigenvalue weighted by Crippen LogP contribution is 2.30. The maximum atomic E-state index is 12.6. The highest BCUT2D eigenvalue weighted by molar-refractivity contribution is 5.72. The molecule has 3 heteroatoms. The fraction of sp³-hybridized carbons (Fsp3) is 0.741. The Morgan fingerprint density at radius 2 is 1.47 bits per heavy atom. The van der Waals surface area contributed by atoms with Crippen molar-refractivity contribution in [1.82, 2.24) is 0 Å². The van der Waals surface area contributed by atoms with E-state index in [0.717, 1.165) is 44.3 Å². The topological polar surface area (TPSA) is 35.5 Å². The zero-order chi connectivity index (χ0) is 21.4. The number of unbranched alkanes of at least 4 members (excludes halogenated alkanes) is 8. The van der Waals surface area contributed by atoms with Crippen LogP contribution < -0.4 is 0 Å². The molecule has 0 heterocycles. The summed E-state index contributed by atoms with van der Waals surface area (Å²) in [6, 6.07) is 10.1. The molecule has 0 spiro atoms. The van der Waals surface area contributed by atoms with Crippen molar-refractivity contribution in [1.29, 1.82) is 0 Å². The fourth-order valence-corrected chi connectivity index (χ4v) is 4.42. The zero-order valence-electron chi connectivity index (χ0n) is 19.5. The van der Waals surface area contributed by atoms with E-state index in [4.69, 9.17) is 9.47 Å². The highest BCUT2D eigenvalue weighted by atomic mass is 16.5. The zero-order valence-corrected chi connectivity index (χ0v) is 19.5. The van der Waals surface area contributed by atoms with Gasteiger partial charge in [0.15, 0.2) is 0 Å². The van der Waals surface area contributed by atoms with Gasteiger partial charge in [-0.2, -0.15) is 0 Å². The van der Waals surface area contributed by atoms with Crippen LogP contribution in [0.1, 0.15) is 115 Å². The number of carbonyl (C=O) groups is 1. The lowest BCUT2D eigenvalue weighted by Crippen LogP contribution is -2.28. The van der Waals surface area contributed by atoms with Gasteiger partial charge in [0.05, 0.1) is 12.0 Å². The van der Waals surface area contributed by atoms with E-state index < -0.39 is 0 Å². The second-order valence-electron chi connectivity index (χ2n) is 8.92. The standard InChI is InChI=1S/C27H44O3/c1-3-5-6-7-8-9-10-11-15-22-29-25-20-18-24(19-21-25)27(28)30-26(4-2)23-16-13-12-14-17-23/h12-14,16-17,24-26H,3-11,15,18-22H2,1-2H3. The lowest BCUT2D eigenvalue weighted by Gasteiger charge is -2.28. The summed E-state index contributed by atoms with van der Waals surface area (Å²) in [5, 5.41) is 0. The van der Waals surface area contributed by atoms with Crippen molar-refractivity contribution in [3.05, 3.63) is 35.9 Å². The van der Waals surface area contributed by atoms with E-state index in [1.54, 1.807) is 0 Å². The number of ether oxygens (including phenoxy) is 2. The Morgan fingerprint density at radius 1 is 0.867 bits per heavy atom. The second-order valence-corrected chi connectivity index (χ2v) is 8.92. The molecule has 170 valence electrons. The van der Waals surface area contributed by atoms with Gasteiger partial charge >= 0.3 is 5.97 Å². The summed E-state index contributed by atoms with van der Waals surface area (Å²) in [6.45, 7) is 5.22.